The van der Waals surface area contributed by atoms with Crippen LogP contribution in [0.15, 0.2) is 54.6 Å². The number of carbonyl (C=O) groups excluding carboxylic acids is 1. The fraction of sp³-hybridized carbons (Fsp3) is 0.130. The average molecular weight is 489 g/mol. The summed E-state index contributed by atoms with van der Waals surface area (Å²) >= 11 is 0. The van der Waals surface area contributed by atoms with Crippen molar-refractivity contribution in [2.24, 2.45) is 0 Å². The molecule has 0 saturated heterocycles. The highest BCUT2D eigenvalue weighted by atomic mass is 16.6. The molecule has 2 heterocycles. The van der Waals surface area contributed by atoms with E-state index in [0.29, 0.717) is 29.0 Å². The number of nitro benzene ring substituents is 2. The molecular formula is C23H19N7O6. The van der Waals surface area contributed by atoms with Crippen LogP contribution in [-0.2, 0) is 0 Å². The second-order valence-corrected chi connectivity index (χ2v) is 7.78. The van der Waals surface area contributed by atoms with Gasteiger partial charge in [0.25, 0.3) is 17.3 Å². The molecule has 0 fully saturated rings. The van der Waals surface area contributed by atoms with E-state index in [0.717, 1.165) is 29.6 Å². The maximum atomic E-state index is 12.6. The van der Waals surface area contributed by atoms with Gasteiger partial charge in [0.1, 0.15) is 11.6 Å². The number of nitrogens with zero attached hydrogens (tertiary/aromatic N) is 6. The van der Waals surface area contributed by atoms with Gasteiger partial charge in [-0.25, -0.2) is 9.67 Å². The van der Waals surface area contributed by atoms with Crippen LogP contribution in [0.3, 0.4) is 0 Å². The number of carbonyl (C=O) groups is 1. The van der Waals surface area contributed by atoms with Crippen molar-refractivity contribution in [3.63, 3.8) is 0 Å². The van der Waals surface area contributed by atoms with Crippen LogP contribution in [0.4, 0.5) is 17.1 Å². The van der Waals surface area contributed by atoms with Gasteiger partial charge >= 0.3 is 0 Å². The van der Waals surface area contributed by atoms with Gasteiger partial charge < -0.3 is 10.1 Å². The Balaban J connectivity index is 1.51. The van der Waals surface area contributed by atoms with E-state index >= 15 is 0 Å². The van der Waals surface area contributed by atoms with Crippen LogP contribution in [0.1, 0.15) is 27.6 Å². The van der Waals surface area contributed by atoms with Crippen molar-refractivity contribution in [3.8, 4) is 17.4 Å². The third kappa shape index (κ3) is 5.30. The Hall–Kier alpha value is -5.20. The number of nitrogens with one attached hydrogen (secondary N) is 1. The third-order valence-corrected chi connectivity index (χ3v) is 4.95. The highest BCUT2D eigenvalue weighted by Gasteiger charge is 2.20. The van der Waals surface area contributed by atoms with Gasteiger partial charge in [-0.05, 0) is 51.1 Å². The molecule has 2 aromatic heterocycles. The second-order valence-electron chi connectivity index (χ2n) is 7.78. The second kappa shape index (κ2) is 9.58. The maximum absolute atomic E-state index is 12.6. The largest absolute Gasteiger partial charge is 0.439 e. The SMILES string of the molecule is Cc1cc(C)n(-c2cc(Oc3ccc(NC(=O)c4cc([N+](=O)[O-])cc([N+](=O)[O-])c4)cc3)nc(C)n2)n1. The summed E-state index contributed by atoms with van der Waals surface area (Å²) < 4.78 is 7.53. The number of hydrogen-bond donors (Lipinski definition) is 1. The van der Waals surface area contributed by atoms with Crippen molar-refractivity contribution in [1.82, 2.24) is 19.7 Å². The average Bonchev–Trinajstić information content (AvgIpc) is 3.17. The molecule has 4 rings (SSSR count). The first-order valence-corrected chi connectivity index (χ1v) is 10.5. The van der Waals surface area contributed by atoms with E-state index in [4.69, 9.17) is 4.74 Å². The zero-order valence-electron chi connectivity index (χ0n) is 19.3. The van der Waals surface area contributed by atoms with Gasteiger partial charge in [0.05, 0.1) is 27.2 Å². The van der Waals surface area contributed by atoms with Crippen LogP contribution in [0.25, 0.3) is 5.82 Å². The summed E-state index contributed by atoms with van der Waals surface area (Å²) in [5.41, 5.74) is 0.776. The van der Waals surface area contributed by atoms with Crippen LogP contribution in [0.5, 0.6) is 11.6 Å². The number of aryl methyl sites for hydroxylation is 3. The Morgan fingerprint density at radius 3 is 2.11 bits per heavy atom. The number of benzene rings is 2. The van der Waals surface area contributed by atoms with Crippen molar-refractivity contribution < 1.29 is 19.4 Å². The smallest absolute Gasteiger partial charge is 0.277 e. The number of anilines is 1. The molecule has 2 aromatic carbocycles. The fourth-order valence-electron chi connectivity index (χ4n) is 3.41. The van der Waals surface area contributed by atoms with Crippen molar-refractivity contribution in [2.75, 3.05) is 5.32 Å². The van der Waals surface area contributed by atoms with Crippen molar-refractivity contribution in [2.45, 2.75) is 20.8 Å². The highest BCUT2D eigenvalue weighted by molar-refractivity contribution is 6.05. The molecule has 4 aromatic rings. The normalized spacial score (nSPS) is 10.6. The number of aromatic nitrogens is 4. The van der Waals surface area contributed by atoms with Crippen LogP contribution in [0.2, 0.25) is 0 Å². The van der Waals surface area contributed by atoms with E-state index in [1.165, 1.54) is 0 Å². The molecule has 0 radical (unpaired) electrons. The lowest BCUT2D eigenvalue weighted by molar-refractivity contribution is -0.394. The zero-order chi connectivity index (χ0) is 26.0. The van der Waals surface area contributed by atoms with Crippen molar-refractivity contribution >= 4 is 23.0 Å². The van der Waals surface area contributed by atoms with Crippen LogP contribution in [-0.4, -0.2) is 35.5 Å². The molecule has 182 valence electrons. The molecule has 0 bridgehead atoms. The van der Waals surface area contributed by atoms with Gasteiger partial charge in [-0.3, -0.25) is 25.0 Å². The van der Waals surface area contributed by atoms with E-state index in [1.807, 2.05) is 19.9 Å². The van der Waals surface area contributed by atoms with Gasteiger partial charge in [-0.2, -0.15) is 10.1 Å². The molecular weight excluding hydrogens is 470 g/mol. The minimum atomic E-state index is -0.801. The lowest BCUT2D eigenvalue weighted by Crippen LogP contribution is -2.12. The van der Waals surface area contributed by atoms with Gasteiger partial charge in [0.15, 0.2) is 5.82 Å². The molecule has 13 nitrogen and oxygen atoms in total. The number of nitro groups is 2. The lowest BCUT2D eigenvalue weighted by atomic mass is 10.1. The molecule has 0 atom stereocenters. The molecule has 0 aliphatic carbocycles. The summed E-state index contributed by atoms with van der Waals surface area (Å²) in [6.45, 7) is 5.53. The Morgan fingerprint density at radius 1 is 0.917 bits per heavy atom. The van der Waals surface area contributed by atoms with E-state index < -0.39 is 27.1 Å². The Morgan fingerprint density at radius 2 is 1.56 bits per heavy atom. The molecule has 1 N–H and O–H groups in total. The monoisotopic (exact) mass is 489 g/mol. The van der Waals surface area contributed by atoms with Gasteiger partial charge in [0, 0.05) is 29.6 Å². The standard InChI is InChI=1S/C23H19N7O6/c1-13-8-14(2)28(27-13)21-12-22(25-15(3)24-21)36-20-6-4-17(5-7-20)26-23(31)16-9-18(29(32)33)11-19(10-16)30(34)35/h4-12H,1-3H3,(H,26,31). The molecule has 13 heteroatoms. The molecule has 1 amide bonds. The van der Waals surface area contributed by atoms with Crippen LogP contribution in [0, 0.1) is 41.0 Å². The summed E-state index contributed by atoms with van der Waals surface area (Å²) in [6.07, 6.45) is 0. The summed E-state index contributed by atoms with van der Waals surface area (Å²) in [6, 6.07) is 12.6. The van der Waals surface area contributed by atoms with Crippen molar-refractivity contribution in [1.29, 1.82) is 0 Å². The number of amides is 1. The quantitative estimate of drug-likeness (QED) is 0.291. The lowest BCUT2D eigenvalue weighted by Gasteiger charge is -2.10. The first-order valence-electron chi connectivity index (χ1n) is 10.5. The summed E-state index contributed by atoms with van der Waals surface area (Å²) in [5, 5.41) is 29.1. The van der Waals surface area contributed by atoms with E-state index in [2.05, 4.69) is 20.4 Å². The molecule has 0 saturated carbocycles. The predicted octanol–water partition coefficient (Wildman–Crippen LogP) is 4.45. The highest BCUT2D eigenvalue weighted by Crippen LogP contribution is 2.26. The number of non-ortho nitro benzene ring substituents is 2. The van der Waals surface area contributed by atoms with E-state index in [9.17, 15) is 25.0 Å². The maximum Gasteiger partial charge on any atom is 0.277 e. The Kier molecular flexibility index (Phi) is 6.37. The van der Waals surface area contributed by atoms with Gasteiger partial charge in [-0.1, -0.05) is 0 Å². The molecule has 36 heavy (non-hydrogen) atoms. The third-order valence-electron chi connectivity index (χ3n) is 4.95. The summed E-state index contributed by atoms with van der Waals surface area (Å²) in [4.78, 5) is 41.8. The molecule has 0 aliphatic rings. The summed E-state index contributed by atoms with van der Waals surface area (Å²) in [7, 11) is 0. The molecule has 0 aliphatic heterocycles. The summed E-state index contributed by atoms with van der Waals surface area (Å²) in [5.74, 6) is 1.03. The topological polar surface area (TPSA) is 168 Å². The molecule has 0 spiro atoms. The number of hydrogen-bond acceptors (Lipinski definition) is 9. The Labute approximate surface area is 203 Å². The minimum absolute atomic E-state index is 0.218. The fourth-order valence-corrected chi connectivity index (χ4v) is 3.41. The Bertz CT molecular complexity index is 1470. The molecule has 0 unspecified atom stereocenters. The first kappa shape index (κ1) is 23.9. The van der Waals surface area contributed by atoms with E-state index in [-0.39, 0.29) is 5.56 Å². The van der Waals surface area contributed by atoms with Gasteiger partial charge in [0.2, 0.25) is 5.88 Å². The van der Waals surface area contributed by atoms with E-state index in [1.54, 1.807) is 41.9 Å². The zero-order valence-corrected chi connectivity index (χ0v) is 19.3. The number of ether oxygens (including phenoxy) is 1. The van der Waals surface area contributed by atoms with Crippen molar-refractivity contribution in [3.05, 3.63) is 97.6 Å². The van der Waals surface area contributed by atoms with Crippen LogP contribution < -0.4 is 10.1 Å². The van der Waals surface area contributed by atoms with Gasteiger partial charge in [-0.15, -0.1) is 0 Å². The first-order chi connectivity index (χ1) is 17.1. The predicted molar refractivity (Wildman–Crippen MR) is 128 cm³/mol. The number of rotatable bonds is 7. The minimum Gasteiger partial charge on any atom is -0.439 e. The van der Waals surface area contributed by atoms with Crippen LogP contribution >= 0.6 is 0 Å².